The van der Waals surface area contributed by atoms with Crippen LogP contribution >= 0.6 is 11.6 Å². The smallest absolute Gasteiger partial charge is 0.343 e. The van der Waals surface area contributed by atoms with Crippen LogP contribution in [-0.4, -0.2) is 32.1 Å². The summed E-state index contributed by atoms with van der Waals surface area (Å²) >= 11 is 5.93. The number of nitrogens with zero attached hydrogens (tertiary/aromatic N) is 1. The number of pyridine rings is 1. The lowest BCUT2D eigenvalue weighted by Crippen LogP contribution is -2.43. The first-order valence-corrected chi connectivity index (χ1v) is 17.2. The minimum atomic E-state index is -2.10. The second-order valence-corrected chi connectivity index (χ2v) is 18.3. The predicted molar refractivity (Wildman–Crippen MR) is 166 cm³/mol. The van der Waals surface area contributed by atoms with Crippen LogP contribution in [0.3, 0.4) is 0 Å². The van der Waals surface area contributed by atoms with Gasteiger partial charge in [0.1, 0.15) is 23.7 Å². The van der Waals surface area contributed by atoms with Crippen LogP contribution in [0.5, 0.6) is 5.75 Å². The monoisotopic (exact) mass is 603 g/mol. The molecular weight excluding hydrogens is 561 g/mol. The molecule has 2 aromatic carbocycles. The van der Waals surface area contributed by atoms with Gasteiger partial charge in [-0.2, -0.15) is 0 Å². The maximum absolute atomic E-state index is 14.5. The van der Waals surface area contributed by atoms with Crippen LogP contribution in [0.15, 0.2) is 41.3 Å². The number of hydrogen-bond donors (Lipinski definition) is 0. The summed E-state index contributed by atoms with van der Waals surface area (Å²) in [6, 6.07) is 8.02. The molecule has 1 atom stereocenters. The van der Waals surface area contributed by atoms with Crippen molar-refractivity contribution in [1.82, 2.24) is 4.57 Å². The van der Waals surface area contributed by atoms with E-state index in [9.17, 15) is 14.0 Å². The maximum atomic E-state index is 14.5. The van der Waals surface area contributed by atoms with Crippen LogP contribution in [0.1, 0.15) is 76.0 Å². The number of hydrogen-bond acceptors (Lipinski definition) is 5. The van der Waals surface area contributed by atoms with Crippen molar-refractivity contribution in [3.63, 3.8) is 0 Å². The Morgan fingerprint density at radius 3 is 2.37 bits per heavy atom. The van der Waals surface area contributed by atoms with E-state index in [4.69, 9.17) is 25.5 Å². The first kappa shape index (κ1) is 32.8. The van der Waals surface area contributed by atoms with Gasteiger partial charge in [0.05, 0.1) is 35.2 Å². The van der Waals surface area contributed by atoms with E-state index in [2.05, 4.69) is 54.6 Å². The Hall–Kier alpha value is -2.68. The van der Waals surface area contributed by atoms with Crippen LogP contribution in [0.25, 0.3) is 10.9 Å². The standard InChI is InChI=1S/C32H43ClFNO5Si/c1-11-38-30(37)23-17-35(27(31(3,4)5)19-40-41(9,10)32(6,7)8)25-15-20(2)26(16-22(25)29(23)36)39-18-21-13-12-14-24(33)28(21)34/h12-17,27H,11,18-19H2,1-10H3/t27-/m1/s1. The second kappa shape index (κ2) is 12.3. The third-order valence-electron chi connectivity index (χ3n) is 7.98. The Bertz CT molecular complexity index is 1490. The van der Waals surface area contributed by atoms with Gasteiger partial charge in [0.25, 0.3) is 0 Å². The number of carbonyl (C=O) groups is 1. The molecule has 0 aliphatic rings. The first-order valence-electron chi connectivity index (χ1n) is 13.9. The third-order valence-corrected chi connectivity index (χ3v) is 12.8. The molecule has 41 heavy (non-hydrogen) atoms. The fraction of sp³-hybridized carbons (Fsp3) is 0.500. The summed E-state index contributed by atoms with van der Waals surface area (Å²) in [5, 5.41) is 0.336. The number of rotatable bonds is 9. The largest absolute Gasteiger partial charge is 0.488 e. The molecule has 0 saturated heterocycles. The Balaban J connectivity index is 2.20. The Labute approximate surface area is 248 Å². The number of benzene rings is 2. The fourth-order valence-corrected chi connectivity index (χ4v) is 5.52. The van der Waals surface area contributed by atoms with Crippen molar-refractivity contribution >= 4 is 36.8 Å². The molecule has 224 valence electrons. The zero-order chi connectivity index (χ0) is 30.9. The number of halogens is 2. The van der Waals surface area contributed by atoms with Crippen molar-refractivity contribution in [2.75, 3.05) is 13.2 Å². The zero-order valence-corrected chi connectivity index (χ0v) is 27.7. The highest BCUT2D eigenvalue weighted by molar-refractivity contribution is 6.74. The number of aryl methyl sites for hydroxylation is 1. The molecule has 0 fully saturated rings. The lowest BCUT2D eigenvalue weighted by molar-refractivity contribution is 0.0522. The summed E-state index contributed by atoms with van der Waals surface area (Å²) in [6.45, 7) is 21.4. The lowest BCUT2D eigenvalue weighted by Gasteiger charge is -2.40. The first-order chi connectivity index (χ1) is 18.9. The van der Waals surface area contributed by atoms with Crippen LogP contribution in [-0.2, 0) is 15.8 Å². The van der Waals surface area contributed by atoms with Gasteiger partial charge in [-0.15, -0.1) is 0 Å². The summed E-state index contributed by atoms with van der Waals surface area (Å²) in [4.78, 5) is 26.7. The van der Waals surface area contributed by atoms with Crippen molar-refractivity contribution < 1.29 is 23.1 Å². The van der Waals surface area contributed by atoms with Gasteiger partial charge in [-0.25, -0.2) is 9.18 Å². The van der Waals surface area contributed by atoms with Gasteiger partial charge >= 0.3 is 5.97 Å². The molecule has 0 aliphatic heterocycles. The normalized spacial score (nSPS) is 13.4. The molecule has 0 spiro atoms. The van der Waals surface area contributed by atoms with Crippen LogP contribution in [0, 0.1) is 18.2 Å². The quantitative estimate of drug-likeness (QED) is 0.181. The molecule has 9 heteroatoms. The fourth-order valence-electron chi connectivity index (χ4n) is 4.32. The molecule has 0 N–H and O–H groups in total. The van der Waals surface area contributed by atoms with E-state index in [0.717, 1.165) is 5.56 Å². The number of esters is 1. The van der Waals surface area contributed by atoms with Crippen molar-refractivity contribution in [2.45, 2.75) is 86.2 Å². The summed E-state index contributed by atoms with van der Waals surface area (Å²) < 4.78 is 34.4. The topological polar surface area (TPSA) is 66.8 Å². The van der Waals surface area contributed by atoms with E-state index in [1.54, 1.807) is 31.3 Å². The van der Waals surface area contributed by atoms with Gasteiger partial charge in [0.15, 0.2) is 8.32 Å². The highest BCUT2D eigenvalue weighted by Crippen LogP contribution is 2.40. The van der Waals surface area contributed by atoms with Crippen LogP contribution < -0.4 is 10.2 Å². The zero-order valence-electron chi connectivity index (χ0n) is 25.9. The van der Waals surface area contributed by atoms with Crippen LogP contribution in [0.2, 0.25) is 23.2 Å². The van der Waals surface area contributed by atoms with Gasteiger partial charge in [0.2, 0.25) is 5.43 Å². The number of ether oxygens (including phenoxy) is 2. The van der Waals surface area contributed by atoms with Crippen molar-refractivity contribution in [3.05, 3.63) is 74.3 Å². The molecule has 0 saturated carbocycles. The second-order valence-electron chi connectivity index (χ2n) is 13.1. The molecule has 3 rings (SSSR count). The summed E-state index contributed by atoms with van der Waals surface area (Å²) in [5.74, 6) is -0.823. The van der Waals surface area contributed by atoms with Gasteiger partial charge in [-0.3, -0.25) is 4.79 Å². The highest BCUT2D eigenvalue weighted by atomic mass is 35.5. The number of aromatic nitrogens is 1. The molecule has 0 aliphatic carbocycles. The van der Waals surface area contributed by atoms with E-state index in [1.165, 1.54) is 6.07 Å². The van der Waals surface area contributed by atoms with Gasteiger partial charge in [0, 0.05) is 11.8 Å². The Morgan fingerprint density at radius 1 is 1.12 bits per heavy atom. The van der Waals surface area contributed by atoms with Gasteiger partial charge in [-0.1, -0.05) is 65.3 Å². The van der Waals surface area contributed by atoms with E-state index in [0.29, 0.717) is 28.8 Å². The third kappa shape index (κ3) is 7.22. The molecule has 0 amide bonds. The molecule has 6 nitrogen and oxygen atoms in total. The SMILES string of the molecule is CCOC(=O)c1cn([C@H](CO[Si](C)(C)C(C)(C)C)C(C)(C)C)c2cc(C)c(OCc3cccc(Cl)c3F)cc2c1=O. The molecule has 0 bridgehead atoms. The maximum Gasteiger partial charge on any atom is 0.343 e. The van der Waals surface area contributed by atoms with Crippen molar-refractivity contribution in [2.24, 2.45) is 5.41 Å². The van der Waals surface area contributed by atoms with E-state index in [1.807, 2.05) is 17.6 Å². The van der Waals surface area contributed by atoms with Crippen molar-refractivity contribution in [3.8, 4) is 5.75 Å². The predicted octanol–water partition coefficient (Wildman–Crippen LogP) is 8.47. The molecule has 1 heterocycles. The Morgan fingerprint density at radius 2 is 1.78 bits per heavy atom. The van der Waals surface area contributed by atoms with E-state index in [-0.39, 0.29) is 40.3 Å². The van der Waals surface area contributed by atoms with Gasteiger partial charge in [-0.05, 0) is 61.2 Å². The molecule has 0 unspecified atom stereocenters. The number of fused-ring (bicyclic) bond motifs is 1. The minimum Gasteiger partial charge on any atom is -0.488 e. The Kier molecular flexibility index (Phi) is 9.83. The highest BCUT2D eigenvalue weighted by Gasteiger charge is 2.39. The molecular formula is C32H43ClFNO5Si. The average molecular weight is 604 g/mol. The summed E-state index contributed by atoms with van der Waals surface area (Å²) in [6.07, 6.45) is 1.61. The molecule has 0 radical (unpaired) electrons. The molecule has 3 aromatic rings. The van der Waals surface area contributed by atoms with Crippen LogP contribution in [0.4, 0.5) is 4.39 Å². The lowest BCUT2D eigenvalue weighted by atomic mass is 9.86. The minimum absolute atomic E-state index is 0.0106. The summed E-state index contributed by atoms with van der Waals surface area (Å²) in [7, 11) is -2.10. The molecule has 1 aromatic heterocycles. The van der Waals surface area contributed by atoms with E-state index < -0.39 is 25.5 Å². The average Bonchev–Trinajstić information content (AvgIpc) is 2.85. The summed E-state index contributed by atoms with van der Waals surface area (Å²) in [5.41, 5.74) is 0.910. The number of carbonyl (C=O) groups excluding carboxylic acids is 1. The van der Waals surface area contributed by atoms with Crippen molar-refractivity contribution in [1.29, 1.82) is 0 Å². The van der Waals surface area contributed by atoms with E-state index >= 15 is 0 Å². The van der Waals surface area contributed by atoms with Gasteiger partial charge < -0.3 is 18.5 Å².